The topological polar surface area (TPSA) is 26.3 Å². The van der Waals surface area contributed by atoms with Crippen molar-refractivity contribution in [2.45, 2.75) is 6.92 Å². The number of ether oxygens (including phenoxy) is 1. The van der Waals surface area contributed by atoms with Gasteiger partial charge in [0.15, 0.2) is 0 Å². The molecule has 0 spiro atoms. The van der Waals surface area contributed by atoms with E-state index in [2.05, 4.69) is 38.5 Å². The smallest absolute Gasteiger partial charge is 0.340 e. The molecule has 4 heteroatoms. The van der Waals surface area contributed by atoms with Gasteiger partial charge in [0.1, 0.15) is 0 Å². The fourth-order valence-corrected chi connectivity index (χ4v) is 2.03. The first-order valence-corrected chi connectivity index (χ1v) is 6.31. The highest BCUT2D eigenvalue weighted by atomic mass is 127. The minimum atomic E-state index is -0.301. The van der Waals surface area contributed by atoms with Crippen molar-refractivity contribution in [1.82, 2.24) is 0 Å². The van der Waals surface area contributed by atoms with Crippen LogP contribution >= 0.6 is 38.5 Å². The molecule has 80 valence electrons. The number of halogens is 2. The third kappa shape index (κ3) is 3.61. The normalized spacial score (nSPS) is 11.9. The summed E-state index contributed by atoms with van der Waals surface area (Å²) >= 11 is 5.37. The van der Waals surface area contributed by atoms with E-state index in [1.54, 1.807) is 6.92 Å². The average molecular weight is 381 g/mol. The molecule has 0 amide bonds. The summed E-state index contributed by atoms with van der Waals surface area (Å²) in [6, 6.07) is 9.45. The molecule has 0 fully saturated rings. The molecule has 0 aliphatic rings. The van der Waals surface area contributed by atoms with E-state index in [-0.39, 0.29) is 5.97 Å². The summed E-state index contributed by atoms with van der Waals surface area (Å²) in [6.07, 6.45) is 0. The van der Waals surface area contributed by atoms with Crippen LogP contribution in [0.1, 0.15) is 12.5 Å². The van der Waals surface area contributed by atoms with E-state index in [9.17, 15) is 4.79 Å². The molecule has 15 heavy (non-hydrogen) atoms. The van der Waals surface area contributed by atoms with Gasteiger partial charge in [-0.3, -0.25) is 0 Å². The van der Waals surface area contributed by atoms with E-state index in [4.69, 9.17) is 4.74 Å². The maximum Gasteiger partial charge on any atom is 0.340 e. The molecule has 0 heterocycles. The summed E-state index contributed by atoms with van der Waals surface area (Å²) in [4.78, 5) is 11.7. The van der Waals surface area contributed by atoms with Crippen LogP contribution in [0.2, 0.25) is 0 Å². The second kappa shape index (κ2) is 6.27. The Balaban J connectivity index is 3.06. The zero-order valence-electron chi connectivity index (χ0n) is 8.17. The van der Waals surface area contributed by atoms with Gasteiger partial charge in [-0.05, 0) is 51.0 Å². The van der Waals surface area contributed by atoms with Crippen molar-refractivity contribution >= 4 is 50.1 Å². The molecule has 0 bridgehead atoms. The van der Waals surface area contributed by atoms with Crippen molar-refractivity contribution in [2.75, 3.05) is 6.61 Å². The average Bonchev–Trinajstić information content (AvgIpc) is 2.19. The van der Waals surface area contributed by atoms with Gasteiger partial charge in [-0.15, -0.1) is 0 Å². The summed E-state index contributed by atoms with van der Waals surface area (Å²) < 4.78 is 5.74. The summed E-state index contributed by atoms with van der Waals surface area (Å²) in [5.41, 5.74) is 1.43. The molecule has 1 aromatic rings. The number of hydrogen-bond acceptors (Lipinski definition) is 2. The number of carbonyl (C=O) groups is 1. The number of carbonyl (C=O) groups excluding carboxylic acids is 1. The van der Waals surface area contributed by atoms with Crippen LogP contribution in [0.15, 0.2) is 32.8 Å². The van der Waals surface area contributed by atoms with Crippen LogP contribution in [0.25, 0.3) is 5.57 Å². The molecule has 0 N–H and O–H groups in total. The molecular weight excluding hydrogens is 371 g/mol. The summed E-state index contributed by atoms with van der Waals surface area (Å²) in [7, 11) is 0. The van der Waals surface area contributed by atoms with Gasteiger partial charge in [0.25, 0.3) is 0 Å². The lowest BCUT2D eigenvalue weighted by atomic mass is 10.1. The number of esters is 1. The van der Waals surface area contributed by atoms with Gasteiger partial charge in [0.05, 0.1) is 14.7 Å². The molecule has 0 saturated heterocycles. The molecule has 0 radical (unpaired) electrons. The second-order valence-corrected chi connectivity index (χ2v) is 6.08. The van der Waals surface area contributed by atoms with E-state index in [1.807, 2.05) is 30.3 Å². The summed E-state index contributed by atoms with van der Waals surface area (Å²) in [5, 5.41) is 0. The maximum atomic E-state index is 11.7. The fourth-order valence-electron chi connectivity index (χ4n) is 1.11. The first kappa shape index (κ1) is 12.7. The molecule has 0 atom stereocenters. The van der Waals surface area contributed by atoms with E-state index >= 15 is 0 Å². The Bertz CT molecular complexity index is 369. The first-order chi connectivity index (χ1) is 7.16. The van der Waals surface area contributed by atoms with Crippen LogP contribution in [0, 0.1) is 0 Å². The van der Waals surface area contributed by atoms with Gasteiger partial charge in [-0.2, -0.15) is 0 Å². The predicted molar refractivity (Wildman–Crippen MR) is 72.9 cm³/mol. The van der Waals surface area contributed by atoms with Crippen LogP contribution in [0.5, 0.6) is 0 Å². The Morgan fingerprint density at radius 1 is 1.40 bits per heavy atom. The van der Waals surface area contributed by atoms with Crippen LogP contribution in [-0.2, 0) is 9.53 Å². The van der Waals surface area contributed by atoms with Crippen molar-refractivity contribution in [3.05, 3.63) is 38.4 Å². The quantitative estimate of drug-likeness (QED) is 0.453. The molecule has 1 aromatic carbocycles. The van der Waals surface area contributed by atoms with Crippen molar-refractivity contribution in [1.29, 1.82) is 0 Å². The Morgan fingerprint density at radius 3 is 2.47 bits per heavy atom. The molecule has 0 saturated carbocycles. The van der Waals surface area contributed by atoms with Gasteiger partial charge in [-0.1, -0.05) is 30.3 Å². The van der Waals surface area contributed by atoms with Crippen molar-refractivity contribution < 1.29 is 9.53 Å². The standard InChI is InChI=1S/C11H10BrIO2/c1-2-15-11(14)9(10(12)13)8-6-4-3-5-7-8/h3-7H,2H2,1H3/b10-9-. The Labute approximate surface area is 111 Å². The molecule has 2 nitrogen and oxygen atoms in total. The molecular formula is C11H10BrIO2. The van der Waals surface area contributed by atoms with Crippen molar-refractivity contribution in [2.24, 2.45) is 0 Å². The Kier molecular flexibility index (Phi) is 5.31. The molecule has 0 aromatic heterocycles. The third-order valence-electron chi connectivity index (χ3n) is 1.73. The van der Waals surface area contributed by atoms with Gasteiger partial charge >= 0.3 is 5.97 Å². The minimum absolute atomic E-state index is 0.301. The maximum absolute atomic E-state index is 11.7. The summed E-state index contributed by atoms with van der Waals surface area (Å²) in [6.45, 7) is 2.17. The van der Waals surface area contributed by atoms with Crippen LogP contribution in [-0.4, -0.2) is 12.6 Å². The monoisotopic (exact) mass is 380 g/mol. The number of rotatable bonds is 3. The highest BCUT2D eigenvalue weighted by molar-refractivity contribution is 14.1. The number of benzene rings is 1. The lowest BCUT2D eigenvalue weighted by Crippen LogP contribution is -2.07. The lowest BCUT2D eigenvalue weighted by Gasteiger charge is -2.07. The molecule has 0 aliphatic carbocycles. The van der Waals surface area contributed by atoms with Gasteiger partial charge < -0.3 is 4.74 Å². The van der Waals surface area contributed by atoms with Gasteiger partial charge in [0, 0.05) is 0 Å². The van der Waals surface area contributed by atoms with Gasteiger partial charge in [-0.25, -0.2) is 4.79 Å². The Hall–Kier alpha value is -0.360. The van der Waals surface area contributed by atoms with Crippen LogP contribution < -0.4 is 0 Å². The van der Waals surface area contributed by atoms with Crippen molar-refractivity contribution in [3.63, 3.8) is 0 Å². The SMILES string of the molecule is CCOC(=O)/C(=C(/Br)I)c1ccccc1. The largest absolute Gasteiger partial charge is 0.462 e. The zero-order valence-corrected chi connectivity index (χ0v) is 11.9. The van der Waals surface area contributed by atoms with E-state index in [0.29, 0.717) is 12.2 Å². The molecule has 0 aliphatic heterocycles. The van der Waals surface area contributed by atoms with E-state index in [0.717, 1.165) is 8.05 Å². The zero-order chi connectivity index (χ0) is 11.3. The fraction of sp³-hybridized carbons (Fsp3) is 0.182. The predicted octanol–water partition coefficient (Wildman–Crippen LogP) is 3.75. The highest BCUT2D eigenvalue weighted by Gasteiger charge is 2.15. The van der Waals surface area contributed by atoms with Crippen molar-refractivity contribution in [3.8, 4) is 0 Å². The second-order valence-electron chi connectivity index (χ2n) is 2.72. The molecule has 0 unspecified atom stereocenters. The van der Waals surface area contributed by atoms with Crippen LogP contribution in [0.3, 0.4) is 0 Å². The van der Waals surface area contributed by atoms with Crippen LogP contribution in [0.4, 0.5) is 0 Å². The highest BCUT2D eigenvalue weighted by Crippen LogP contribution is 2.28. The number of hydrogen-bond donors (Lipinski definition) is 0. The van der Waals surface area contributed by atoms with Gasteiger partial charge in [0.2, 0.25) is 0 Å². The summed E-state index contributed by atoms with van der Waals surface area (Å²) in [5.74, 6) is -0.301. The minimum Gasteiger partial charge on any atom is -0.462 e. The van der Waals surface area contributed by atoms with E-state index < -0.39 is 0 Å². The lowest BCUT2D eigenvalue weighted by molar-refractivity contribution is -0.136. The third-order valence-corrected chi connectivity index (χ3v) is 2.67. The molecule has 1 rings (SSSR count). The first-order valence-electron chi connectivity index (χ1n) is 4.44. The Morgan fingerprint density at radius 2 is 2.00 bits per heavy atom. The van der Waals surface area contributed by atoms with E-state index in [1.165, 1.54) is 0 Å².